The first-order valence-corrected chi connectivity index (χ1v) is 13.4. The van der Waals surface area contributed by atoms with Crippen molar-refractivity contribution in [1.82, 2.24) is 0 Å². The maximum absolute atomic E-state index is 8.78. The van der Waals surface area contributed by atoms with E-state index in [4.69, 9.17) is 19.8 Å². The highest BCUT2D eigenvalue weighted by Crippen LogP contribution is 2.15. The fourth-order valence-electron chi connectivity index (χ4n) is 3.62. The van der Waals surface area contributed by atoms with Crippen LogP contribution < -0.4 is 11.5 Å². The van der Waals surface area contributed by atoms with Gasteiger partial charge in [-0.1, -0.05) is 128 Å². The van der Waals surface area contributed by atoms with Crippen molar-refractivity contribution in [3.8, 4) is 0 Å². The Bertz CT molecular complexity index is 420. The molecule has 0 aromatic carbocycles. The number of carboxylic acid groups (broad SMARTS) is 2. The largest absolute Gasteiger partial charge is 0.465 e. The highest BCUT2D eigenvalue weighted by Gasteiger charge is 1.95. The number of hydrogen-bond donors (Lipinski definition) is 4. The molecule has 0 aliphatic carbocycles. The monoisotopic (exact) mass is 472 g/mol. The average Bonchev–Trinajstić information content (AvgIpc) is 2.73. The maximum atomic E-state index is 8.78. The van der Waals surface area contributed by atoms with E-state index >= 15 is 0 Å². The van der Waals surface area contributed by atoms with Crippen molar-refractivity contribution >= 4 is 12.2 Å². The molecule has 0 saturated heterocycles. The summed E-state index contributed by atoms with van der Waals surface area (Å²) in [4.78, 5) is 17.6. The number of nitrogens with two attached hydrogens (primary N) is 2. The summed E-state index contributed by atoms with van der Waals surface area (Å²) in [6.45, 7) is 6.94. The number of hydrogen-bond acceptors (Lipinski definition) is 2. The highest BCUT2D eigenvalue weighted by molar-refractivity contribution is 5.61. The van der Waals surface area contributed by atoms with Gasteiger partial charge in [-0.15, -0.1) is 0 Å². The van der Waals surface area contributed by atoms with Gasteiger partial charge in [0.15, 0.2) is 0 Å². The molecule has 0 fully saturated rings. The van der Waals surface area contributed by atoms with E-state index in [1.807, 2.05) is 0 Å². The molecule has 0 aliphatic rings. The highest BCUT2D eigenvalue weighted by atomic mass is 16.4. The van der Waals surface area contributed by atoms with Crippen molar-refractivity contribution < 1.29 is 19.8 Å². The second-order valence-electron chi connectivity index (χ2n) is 8.92. The normalized spacial score (nSPS) is 10.6. The lowest BCUT2D eigenvalue weighted by atomic mass is 10.0. The van der Waals surface area contributed by atoms with Crippen LogP contribution in [0.2, 0.25) is 0 Å². The van der Waals surface area contributed by atoms with Gasteiger partial charge in [-0.25, -0.2) is 9.59 Å². The SMILES string of the molecule is CCCCCCCCCCCC=C(C)CCCCCCCCCCC.NC(=O)O.NC(=O)O. The van der Waals surface area contributed by atoms with Gasteiger partial charge in [-0.3, -0.25) is 0 Å². The Labute approximate surface area is 204 Å². The molecule has 6 N–H and O–H groups in total. The molecular weight excluding hydrogens is 416 g/mol. The van der Waals surface area contributed by atoms with Crippen LogP contribution in [-0.4, -0.2) is 22.4 Å². The molecule has 0 aromatic rings. The molecule has 0 aliphatic heterocycles. The minimum absolute atomic E-state index is 1.32. The molecule has 0 rings (SSSR count). The van der Waals surface area contributed by atoms with Crippen LogP contribution in [0.5, 0.6) is 0 Å². The van der Waals surface area contributed by atoms with Gasteiger partial charge >= 0.3 is 12.2 Å². The second kappa shape index (κ2) is 32.5. The van der Waals surface area contributed by atoms with Crippen molar-refractivity contribution in [2.75, 3.05) is 0 Å². The summed E-state index contributed by atoms with van der Waals surface area (Å²) in [7, 11) is 0. The van der Waals surface area contributed by atoms with E-state index < -0.39 is 12.2 Å². The minimum atomic E-state index is -1.33. The number of allylic oxidation sites excluding steroid dienone is 2. The Morgan fingerprint density at radius 1 is 0.576 bits per heavy atom. The van der Waals surface area contributed by atoms with Gasteiger partial charge in [0, 0.05) is 0 Å². The van der Waals surface area contributed by atoms with Crippen molar-refractivity contribution in [3.05, 3.63) is 11.6 Å². The lowest BCUT2D eigenvalue weighted by molar-refractivity contribution is 0.204. The van der Waals surface area contributed by atoms with E-state index in [9.17, 15) is 0 Å². The third-order valence-corrected chi connectivity index (χ3v) is 5.48. The number of carbonyl (C=O) groups is 2. The summed E-state index contributed by atoms with van der Waals surface area (Å²) < 4.78 is 0. The molecule has 0 atom stereocenters. The smallest absolute Gasteiger partial charge is 0.402 e. The van der Waals surface area contributed by atoms with Gasteiger partial charge in [0.05, 0.1) is 0 Å². The Morgan fingerprint density at radius 3 is 1.18 bits per heavy atom. The standard InChI is InChI=1S/C25H50.2CH3NO2/c1-4-6-8-10-12-14-16-18-20-22-24-25(3)23-21-19-17-15-13-11-9-7-5-2;2*2-1(3)4/h24H,4-23H2,1-3H3;2*2H2,(H,3,4). The third kappa shape index (κ3) is 53.5. The van der Waals surface area contributed by atoms with Crippen molar-refractivity contribution in [1.29, 1.82) is 0 Å². The zero-order valence-electron chi connectivity index (χ0n) is 22.1. The summed E-state index contributed by atoms with van der Waals surface area (Å²) in [6, 6.07) is 0. The van der Waals surface area contributed by atoms with Crippen LogP contribution in [0.4, 0.5) is 9.59 Å². The summed E-state index contributed by atoms with van der Waals surface area (Å²) in [6.07, 6.45) is 28.4. The molecular formula is C27H56N2O4. The first-order valence-electron chi connectivity index (χ1n) is 13.4. The van der Waals surface area contributed by atoms with Crippen molar-refractivity contribution in [3.63, 3.8) is 0 Å². The van der Waals surface area contributed by atoms with Crippen LogP contribution in [0.25, 0.3) is 0 Å². The second-order valence-corrected chi connectivity index (χ2v) is 8.92. The van der Waals surface area contributed by atoms with E-state index in [1.54, 1.807) is 5.57 Å². The number of unbranched alkanes of at least 4 members (excludes halogenated alkanes) is 17. The van der Waals surface area contributed by atoms with Gasteiger partial charge in [0.2, 0.25) is 0 Å². The van der Waals surface area contributed by atoms with Crippen molar-refractivity contribution in [2.45, 2.75) is 149 Å². The predicted molar refractivity (Wildman–Crippen MR) is 142 cm³/mol. The van der Waals surface area contributed by atoms with E-state index in [1.165, 1.54) is 128 Å². The first-order chi connectivity index (χ1) is 15.8. The Kier molecular flexibility index (Phi) is 35.3. The van der Waals surface area contributed by atoms with E-state index in [-0.39, 0.29) is 0 Å². The third-order valence-electron chi connectivity index (χ3n) is 5.48. The fraction of sp³-hybridized carbons (Fsp3) is 0.852. The zero-order chi connectivity index (χ0) is 25.6. The molecule has 0 heterocycles. The zero-order valence-corrected chi connectivity index (χ0v) is 22.1. The van der Waals surface area contributed by atoms with Crippen LogP contribution >= 0.6 is 0 Å². The van der Waals surface area contributed by atoms with Crippen LogP contribution in [0.15, 0.2) is 11.6 Å². The Balaban J connectivity index is -0.000000962. The fourth-order valence-corrected chi connectivity index (χ4v) is 3.62. The molecule has 0 radical (unpaired) electrons. The van der Waals surface area contributed by atoms with Gasteiger partial charge in [-0.05, 0) is 32.6 Å². The summed E-state index contributed by atoms with van der Waals surface area (Å²) >= 11 is 0. The van der Waals surface area contributed by atoms with E-state index in [0.29, 0.717) is 0 Å². The molecule has 0 aromatic heterocycles. The Morgan fingerprint density at radius 2 is 0.848 bits per heavy atom. The molecule has 0 spiro atoms. The van der Waals surface area contributed by atoms with Crippen LogP contribution in [-0.2, 0) is 0 Å². The van der Waals surface area contributed by atoms with Crippen molar-refractivity contribution in [2.24, 2.45) is 11.5 Å². The van der Waals surface area contributed by atoms with Crippen LogP contribution in [0.1, 0.15) is 149 Å². The topological polar surface area (TPSA) is 127 Å². The molecule has 0 unspecified atom stereocenters. The number of primary amides is 2. The lowest BCUT2D eigenvalue weighted by Crippen LogP contribution is -2.03. The average molecular weight is 473 g/mol. The minimum Gasteiger partial charge on any atom is -0.465 e. The molecule has 33 heavy (non-hydrogen) atoms. The molecule has 0 saturated carbocycles. The molecule has 6 heteroatoms. The predicted octanol–water partition coefficient (Wildman–Crippen LogP) is 9.02. The lowest BCUT2D eigenvalue weighted by Gasteiger charge is -2.04. The van der Waals surface area contributed by atoms with Gasteiger partial charge in [0.1, 0.15) is 0 Å². The van der Waals surface area contributed by atoms with Gasteiger partial charge in [0.25, 0.3) is 0 Å². The molecule has 198 valence electrons. The van der Waals surface area contributed by atoms with Gasteiger partial charge in [-0.2, -0.15) is 0 Å². The quantitative estimate of drug-likeness (QED) is 0.104. The summed E-state index contributed by atoms with van der Waals surface area (Å²) in [5.74, 6) is 0. The number of rotatable bonds is 20. The molecule has 2 amide bonds. The number of amides is 2. The first kappa shape index (κ1) is 35.9. The molecule has 0 bridgehead atoms. The van der Waals surface area contributed by atoms with Gasteiger partial charge < -0.3 is 21.7 Å². The molecule has 6 nitrogen and oxygen atoms in total. The van der Waals surface area contributed by atoms with E-state index in [2.05, 4.69) is 38.3 Å². The van der Waals surface area contributed by atoms with E-state index in [0.717, 1.165) is 0 Å². The summed E-state index contributed by atoms with van der Waals surface area (Å²) in [5, 5.41) is 14.4. The van der Waals surface area contributed by atoms with Crippen LogP contribution in [0.3, 0.4) is 0 Å². The maximum Gasteiger partial charge on any atom is 0.402 e. The van der Waals surface area contributed by atoms with Crippen LogP contribution in [0, 0.1) is 0 Å². The Hall–Kier alpha value is -1.72. The summed E-state index contributed by atoms with van der Waals surface area (Å²) in [5.41, 5.74) is 9.70.